The number of amides is 2. The lowest BCUT2D eigenvalue weighted by Gasteiger charge is -2.09. The van der Waals surface area contributed by atoms with Gasteiger partial charge in [-0.2, -0.15) is 5.10 Å². The summed E-state index contributed by atoms with van der Waals surface area (Å²) in [4.78, 5) is 22.9. The normalized spacial score (nSPS) is 10.4. The van der Waals surface area contributed by atoms with Crippen molar-refractivity contribution in [1.82, 2.24) is 10.7 Å². The molecule has 0 aromatic heterocycles. The second-order valence-corrected chi connectivity index (χ2v) is 5.03. The van der Waals surface area contributed by atoms with Crippen LogP contribution in [0.5, 0.6) is 11.5 Å². The molecule has 0 bridgehead atoms. The number of benzene rings is 1. The van der Waals surface area contributed by atoms with E-state index < -0.39 is 11.8 Å². The molecule has 0 spiro atoms. The van der Waals surface area contributed by atoms with E-state index in [-0.39, 0.29) is 6.54 Å². The average Bonchev–Trinajstić information content (AvgIpc) is 2.55. The van der Waals surface area contributed by atoms with Gasteiger partial charge in [-0.25, -0.2) is 5.43 Å². The molecule has 0 aliphatic carbocycles. The van der Waals surface area contributed by atoms with Crippen LogP contribution in [0.15, 0.2) is 21.7 Å². The summed E-state index contributed by atoms with van der Waals surface area (Å²) in [7, 11) is 4.54. The van der Waals surface area contributed by atoms with Crippen molar-refractivity contribution in [3.05, 3.63) is 22.2 Å². The molecular formula is C14H18BrN3O5. The fourth-order valence-electron chi connectivity index (χ4n) is 1.54. The number of nitrogens with zero attached hydrogens (tertiary/aromatic N) is 1. The summed E-state index contributed by atoms with van der Waals surface area (Å²) in [5.74, 6) is -0.556. The third kappa shape index (κ3) is 5.87. The van der Waals surface area contributed by atoms with E-state index in [4.69, 9.17) is 14.2 Å². The topological polar surface area (TPSA) is 98.2 Å². The van der Waals surface area contributed by atoms with Crippen LogP contribution in [0, 0.1) is 0 Å². The third-order valence-electron chi connectivity index (χ3n) is 2.67. The van der Waals surface area contributed by atoms with Crippen molar-refractivity contribution in [2.75, 3.05) is 34.5 Å². The van der Waals surface area contributed by atoms with Crippen LogP contribution in [-0.2, 0) is 14.3 Å². The van der Waals surface area contributed by atoms with Crippen LogP contribution >= 0.6 is 15.9 Å². The smallest absolute Gasteiger partial charge is 0.329 e. The molecule has 1 aromatic rings. The molecule has 0 fully saturated rings. The van der Waals surface area contributed by atoms with Crippen LogP contribution in [0.3, 0.4) is 0 Å². The van der Waals surface area contributed by atoms with Crippen molar-refractivity contribution >= 4 is 34.0 Å². The molecule has 2 amide bonds. The Morgan fingerprint density at radius 1 is 1.17 bits per heavy atom. The van der Waals surface area contributed by atoms with Gasteiger partial charge in [-0.05, 0) is 22.0 Å². The molecule has 2 N–H and O–H groups in total. The second kappa shape index (κ2) is 9.80. The predicted molar refractivity (Wildman–Crippen MR) is 87.9 cm³/mol. The minimum atomic E-state index is -0.871. The summed E-state index contributed by atoms with van der Waals surface area (Å²) in [5, 5.41) is 6.12. The largest absolute Gasteiger partial charge is 0.496 e. The molecule has 0 saturated carbocycles. The van der Waals surface area contributed by atoms with E-state index in [0.717, 1.165) is 0 Å². The van der Waals surface area contributed by atoms with Gasteiger partial charge in [0, 0.05) is 25.3 Å². The van der Waals surface area contributed by atoms with Gasteiger partial charge >= 0.3 is 11.8 Å². The fraction of sp³-hybridized carbons (Fsp3) is 0.357. The van der Waals surface area contributed by atoms with Gasteiger partial charge in [0.1, 0.15) is 11.5 Å². The van der Waals surface area contributed by atoms with Gasteiger partial charge in [0.05, 0.1) is 31.5 Å². The molecule has 0 aliphatic rings. The first-order valence-electron chi connectivity index (χ1n) is 6.55. The number of hydrogen-bond donors (Lipinski definition) is 2. The van der Waals surface area contributed by atoms with Gasteiger partial charge in [0.25, 0.3) is 0 Å². The van der Waals surface area contributed by atoms with Gasteiger partial charge in [-0.3, -0.25) is 9.59 Å². The van der Waals surface area contributed by atoms with Gasteiger partial charge in [0.15, 0.2) is 0 Å². The number of hydrogen-bond acceptors (Lipinski definition) is 6. The van der Waals surface area contributed by atoms with Crippen molar-refractivity contribution < 1.29 is 23.8 Å². The number of carbonyl (C=O) groups excluding carboxylic acids is 2. The van der Waals surface area contributed by atoms with E-state index in [1.807, 2.05) is 0 Å². The number of carbonyl (C=O) groups is 2. The van der Waals surface area contributed by atoms with Crippen LogP contribution in [0.4, 0.5) is 0 Å². The number of hydrazone groups is 1. The molecule has 8 nitrogen and oxygen atoms in total. The summed E-state index contributed by atoms with van der Waals surface area (Å²) in [6.07, 6.45) is 1.36. The predicted octanol–water partition coefficient (Wildman–Crippen LogP) is 0.679. The monoisotopic (exact) mass is 387 g/mol. The highest BCUT2D eigenvalue weighted by Gasteiger charge is 2.12. The number of rotatable bonds is 7. The van der Waals surface area contributed by atoms with E-state index in [1.165, 1.54) is 27.5 Å². The lowest BCUT2D eigenvalue weighted by atomic mass is 10.2. The first kappa shape index (κ1) is 18.9. The van der Waals surface area contributed by atoms with E-state index in [9.17, 15) is 9.59 Å². The highest BCUT2D eigenvalue weighted by atomic mass is 79.9. The summed E-state index contributed by atoms with van der Waals surface area (Å²) in [5.41, 5.74) is 2.73. The molecule has 9 heteroatoms. The Bertz CT molecular complexity index is 592. The van der Waals surface area contributed by atoms with Crippen LogP contribution in [0.25, 0.3) is 0 Å². The second-order valence-electron chi connectivity index (χ2n) is 4.18. The van der Waals surface area contributed by atoms with Crippen LogP contribution in [0.1, 0.15) is 5.56 Å². The zero-order chi connectivity index (χ0) is 17.2. The number of halogens is 1. The Morgan fingerprint density at radius 3 is 2.48 bits per heavy atom. The summed E-state index contributed by atoms with van der Waals surface area (Å²) in [6, 6.07) is 3.39. The maximum atomic E-state index is 11.5. The third-order valence-corrected chi connectivity index (χ3v) is 3.29. The van der Waals surface area contributed by atoms with Gasteiger partial charge < -0.3 is 19.5 Å². The molecule has 23 heavy (non-hydrogen) atoms. The Kier molecular flexibility index (Phi) is 8.06. The standard InChI is InChI=1S/C14H18BrN3O5/c1-21-5-4-16-13(19)14(20)18-17-8-9-6-10(15)12(23-3)7-11(9)22-2/h6-8H,4-5H2,1-3H3,(H,16,19)(H,18,20). The highest BCUT2D eigenvalue weighted by Crippen LogP contribution is 2.31. The lowest BCUT2D eigenvalue weighted by Crippen LogP contribution is -2.39. The molecule has 0 aliphatic heterocycles. The van der Waals surface area contributed by atoms with Crippen molar-refractivity contribution in [3.63, 3.8) is 0 Å². The molecule has 0 atom stereocenters. The molecule has 0 radical (unpaired) electrons. The van der Waals surface area contributed by atoms with Crippen molar-refractivity contribution in [2.24, 2.45) is 5.10 Å². The zero-order valence-corrected chi connectivity index (χ0v) is 14.6. The van der Waals surface area contributed by atoms with E-state index in [0.29, 0.717) is 28.1 Å². The van der Waals surface area contributed by atoms with Crippen LogP contribution in [-0.4, -0.2) is 52.5 Å². The lowest BCUT2D eigenvalue weighted by molar-refractivity contribution is -0.139. The van der Waals surface area contributed by atoms with Crippen LogP contribution in [0.2, 0.25) is 0 Å². The van der Waals surface area contributed by atoms with Gasteiger partial charge in [-0.1, -0.05) is 0 Å². The number of nitrogens with one attached hydrogen (secondary N) is 2. The maximum absolute atomic E-state index is 11.5. The Morgan fingerprint density at radius 2 is 1.87 bits per heavy atom. The highest BCUT2D eigenvalue weighted by molar-refractivity contribution is 9.10. The zero-order valence-electron chi connectivity index (χ0n) is 13.0. The quantitative estimate of drug-likeness (QED) is 0.310. The molecule has 126 valence electrons. The van der Waals surface area contributed by atoms with E-state index in [1.54, 1.807) is 12.1 Å². The average molecular weight is 388 g/mol. The Balaban J connectivity index is 2.69. The SMILES string of the molecule is COCCNC(=O)C(=O)NN=Cc1cc(Br)c(OC)cc1OC. The van der Waals surface area contributed by atoms with Crippen molar-refractivity contribution in [1.29, 1.82) is 0 Å². The molecule has 1 aromatic carbocycles. The first-order chi connectivity index (χ1) is 11.0. The summed E-state index contributed by atoms with van der Waals surface area (Å²) < 4.78 is 15.8. The Hall–Kier alpha value is -2.13. The van der Waals surface area contributed by atoms with Crippen molar-refractivity contribution in [2.45, 2.75) is 0 Å². The molecule has 0 heterocycles. The number of ether oxygens (including phenoxy) is 3. The first-order valence-corrected chi connectivity index (χ1v) is 7.34. The van der Waals surface area contributed by atoms with Crippen LogP contribution < -0.4 is 20.2 Å². The fourth-order valence-corrected chi connectivity index (χ4v) is 2.07. The van der Waals surface area contributed by atoms with Crippen molar-refractivity contribution in [3.8, 4) is 11.5 Å². The summed E-state index contributed by atoms with van der Waals surface area (Å²) in [6.45, 7) is 0.561. The van der Waals surface area contributed by atoms with E-state index >= 15 is 0 Å². The van der Waals surface area contributed by atoms with Gasteiger partial charge in [0.2, 0.25) is 0 Å². The number of methoxy groups -OCH3 is 3. The van der Waals surface area contributed by atoms with E-state index in [2.05, 4.69) is 31.8 Å². The Labute approximate surface area is 142 Å². The molecule has 1 rings (SSSR count). The molecular weight excluding hydrogens is 370 g/mol. The molecule has 0 unspecified atom stereocenters. The summed E-state index contributed by atoms with van der Waals surface area (Å²) >= 11 is 3.34. The minimum Gasteiger partial charge on any atom is -0.496 e. The maximum Gasteiger partial charge on any atom is 0.329 e. The minimum absolute atomic E-state index is 0.242. The van der Waals surface area contributed by atoms with Gasteiger partial charge in [-0.15, -0.1) is 0 Å². The molecule has 0 saturated heterocycles.